The molecule has 0 aliphatic carbocycles. The molecule has 0 aliphatic rings. The minimum atomic E-state index is -1.34. The lowest BCUT2D eigenvalue weighted by Crippen LogP contribution is -2.60. The molecule has 0 saturated heterocycles. The number of carbonyl (C=O) groups excluding carboxylic acids is 3. The molecule has 0 heterocycles. The van der Waals surface area contributed by atoms with E-state index < -0.39 is 72.3 Å². The number of aliphatic hydroxyl groups excluding tert-OH is 1. The van der Waals surface area contributed by atoms with Crippen LogP contribution in [0.1, 0.15) is 60.3 Å². The van der Waals surface area contributed by atoms with E-state index in [-0.39, 0.29) is 12.3 Å². The maximum Gasteiger partial charge on any atom is 0.326 e. The first kappa shape index (κ1) is 30.3. The van der Waals surface area contributed by atoms with Crippen LogP contribution in [0.3, 0.4) is 0 Å². The number of carbonyl (C=O) groups is 5. The van der Waals surface area contributed by atoms with Crippen molar-refractivity contribution in [2.45, 2.75) is 90.6 Å². The molecule has 0 aromatic rings. The summed E-state index contributed by atoms with van der Waals surface area (Å²) in [6.07, 6.45) is -0.951. The smallest absolute Gasteiger partial charge is 0.326 e. The molecule has 0 rings (SSSR count). The number of amides is 3. The largest absolute Gasteiger partial charge is 0.481 e. The minimum Gasteiger partial charge on any atom is -0.481 e. The summed E-state index contributed by atoms with van der Waals surface area (Å²) in [6.45, 7) is 8.20. The van der Waals surface area contributed by atoms with E-state index in [1.165, 1.54) is 6.92 Å². The Labute approximate surface area is 193 Å². The fraction of sp³-hybridized carbons (Fsp3) is 0.762. The molecule has 12 nitrogen and oxygen atoms in total. The van der Waals surface area contributed by atoms with Gasteiger partial charge in [-0.2, -0.15) is 0 Å². The van der Waals surface area contributed by atoms with Crippen LogP contribution in [-0.2, 0) is 24.0 Å². The van der Waals surface area contributed by atoms with Crippen molar-refractivity contribution in [1.29, 1.82) is 0 Å². The van der Waals surface area contributed by atoms with Gasteiger partial charge >= 0.3 is 11.9 Å². The molecule has 33 heavy (non-hydrogen) atoms. The third-order valence-corrected chi connectivity index (χ3v) is 5.67. The fourth-order valence-electron chi connectivity index (χ4n) is 2.91. The Bertz CT molecular complexity index is 700. The molecular formula is C21H38N4O8. The molecule has 0 aromatic heterocycles. The Balaban J connectivity index is 5.69. The van der Waals surface area contributed by atoms with E-state index in [1.807, 2.05) is 0 Å². The summed E-state index contributed by atoms with van der Waals surface area (Å²) >= 11 is 0. The number of carboxylic acid groups (broad SMARTS) is 2. The second-order valence-electron chi connectivity index (χ2n) is 8.34. The number of hydrogen-bond acceptors (Lipinski definition) is 7. The minimum absolute atomic E-state index is 0.284. The van der Waals surface area contributed by atoms with Gasteiger partial charge in [0.25, 0.3) is 0 Å². The summed E-state index contributed by atoms with van der Waals surface area (Å²) in [5.74, 6) is -5.60. The van der Waals surface area contributed by atoms with Gasteiger partial charge in [-0.15, -0.1) is 0 Å². The van der Waals surface area contributed by atoms with Crippen molar-refractivity contribution in [3.63, 3.8) is 0 Å². The molecule has 3 amide bonds. The lowest BCUT2D eigenvalue weighted by Gasteiger charge is -2.28. The van der Waals surface area contributed by atoms with Crippen molar-refractivity contribution in [2.24, 2.45) is 17.6 Å². The molecule has 12 heteroatoms. The predicted octanol–water partition coefficient (Wildman–Crippen LogP) is -0.809. The molecule has 0 spiro atoms. The molecule has 8 N–H and O–H groups in total. The van der Waals surface area contributed by atoms with Crippen LogP contribution in [0.15, 0.2) is 0 Å². The SMILES string of the molecule is CCC(C)C(NC(=O)C(CCC(=O)O)NC(=O)C(NC(=O)C(N)C(C)O)C(C)CC)C(=O)O. The van der Waals surface area contributed by atoms with Crippen LogP contribution < -0.4 is 21.7 Å². The van der Waals surface area contributed by atoms with Gasteiger partial charge in [-0.25, -0.2) is 4.79 Å². The Morgan fingerprint density at radius 3 is 1.70 bits per heavy atom. The quantitative estimate of drug-likeness (QED) is 0.158. The molecule has 0 fully saturated rings. The van der Waals surface area contributed by atoms with E-state index in [0.717, 1.165) is 0 Å². The Kier molecular flexibility index (Phi) is 13.2. The van der Waals surface area contributed by atoms with Crippen molar-refractivity contribution in [3.8, 4) is 0 Å². The zero-order valence-corrected chi connectivity index (χ0v) is 19.8. The summed E-state index contributed by atoms with van der Waals surface area (Å²) in [5.41, 5.74) is 5.63. The molecule has 0 radical (unpaired) electrons. The third kappa shape index (κ3) is 10.2. The first-order valence-corrected chi connectivity index (χ1v) is 11.1. The summed E-state index contributed by atoms with van der Waals surface area (Å²) < 4.78 is 0. The Morgan fingerprint density at radius 2 is 1.27 bits per heavy atom. The molecule has 0 aliphatic heterocycles. The van der Waals surface area contributed by atoms with Crippen LogP contribution in [0, 0.1) is 11.8 Å². The number of aliphatic hydroxyl groups is 1. The maximum atomic E-state index is 13.0. The number of carboxylic acids is 2. The van der Waals surface area contributed by atoms with E-state index in [4.69, 9.17) is 10.8 Å². The van der Waals surface area contributed by atoms with Gasteiger partial charge in [-0.05, 0) is 25.2 Å². The maximum absolute atomic E-state index is 13.0. The zero-order chi connectivity index (χ0) is 25.9. The first-order valence-electron chi connectivity index (χ1n) is 11.1. The summed E-state index contributed by atoms with van der Waals surface area (Å²) in [7, 11) is 0. The normalized spacial score (nSPS) is 17.4. The topological polar surface area (TPSA) is 208 Å². The highest BCUT2D eigenvalue weighted by Crippen LogP contribution is 2.12. The van der Waals surface area contributed by atoms with Crippen molar-refractivity contribution in [1.82, 2.24) is 16.0 Å². The first-order chi connectivity index (χ1) is 15.3. The Morgan fingerprint density at radius 1 is 0.788 bits per heavy atom. The van der Waals surface area contributed by atoms with E-state index >= 15 is 0 Å². The van der Waals surface area contributed by atoms with Gasteiger partial charge in [0.05, 0.1) is 6.10 Å². The molecule has 190 valence electrons. The monoisotopic (exact) mass is 474 g/mol. The second kappa shape index (κ2) is 14.4. The number of aliphatic carboxylic acids is 2. The van der Waals surface area contributed by atoms with Crippen molar-refractivity contribution in [2.75, 3.05) is 0 Å². The van der Waals surface area contributed by atoms with E-state index in [1.54, 1.807) is 27.7 Å². The molecular weight excluding hydrogens is 436 g/mol. The second-order valence-corrected chi connectivity index (χ2v) is 8.34. The standard InChI is InChI=1S/C21H38N4O8/c1-6-10(3)16(24-19(30)15(22)12(5)26)20(31)23-13(8-9-14(27)28)18(29)25-17(21(32)33)11(4)7-2/h10-13,15-17,26H,6-9,22H2,1-5H3,(H,23,31)(H,24,30)(H,25,29)(H,27,28)(H,32,33). The van der Waals surface area contributed by atoms with Crippen LogP contribution in [-0.4, -0.2) is 75.3 Å². The van der Waals surface area contributed by atoms with Gasteiger partial charge in [-0.3, -0.25) is 19.2 Å². The molecule has 7 atom stereocenters. The molecule has 0 bridgehead atoms. The summed E-state index contributed by atoms with van der Waals surface area (Å²) in [6, 6.07) is -4.95. The zero-order valence-electron chi connectivity index (χ0n) is 19.8. The van der Waals surface area contributed by atoms with Crippen molar-refractivity contribution in [3.05, 3.63) is 0 Å². The average molecular weight is 475 g/mol. The summed E-state index contributed by atoms with van der Waals surface area (Å²) in [4.78, 5) is 60.6. The van der Waals surface area contributed by atoms with Gasteiger partial charge in [-0.1, -0.05) is 40.5 Å². The van der Waals surface area contributed by atoms with Crippen LogP contribution in [0.25, 0.3) is 0 Å². The fourth-order valence-corrected chi connectivity index (χ4v) is 2.91. The summed E-state index contributed by atoms with van der Waals surface area (Å²) in [5, 5.41) is 35.2. The highest BCUT2D eigenvalue weighted by Gasteiger charge is 2.34. The van der Waals surface area contributed by atoms with Crippen molar-refractivity contribution < 1.29 is 39.3 Å². The van der Waals surface area contributed by atoms with E-state index in [9.17, 15) is 34.2 Å². The highest BCUT2D eigenvalue weighted by atomic mass is 16.4. The third-order valence-electron chi connectivity index (χ3n) is 5.67. The van der Waals surface area contributed by atoms with Gasteiger partial charge in [0.2, 0.25) is 17.7 Å². The number of rotatable bonds is 15. The number of nitrogens with one attached hydrogen (secondary N) is 3. The van der Waals surface area contributed by atoms with Crippen LogP contribution in [0.5, 0.6) is 0 Å². The van der Waals surface area contributed by atoms with Crippen LogP contribution in [0.2, 0.25) is 0 Å². The average Bonchev–Trinajstić information content (AvgIpc) is 2.75. The van der Waals surface area contributed by atoms with E-state index in [0.29, 0.717) is 12.8 Å². The predicted molar refractivity (Wildman–Crippen MR) is 119 cm³/mol. The van der Waals surface area contributed by atoms with Gasteiger partial charge in [0.1, 0.15) is 24.2 Å². The van der Waals surface area contributed by atoms with Crippen molar-refractivity contribution >= 4 is 29.7 Å². The molecule has 0 aromatic carbocycles. The van der Waals surface area contributed by atoms with Crippen LogP contribution >= 0.6 is 0 Å². The van der Waals surface area contributed by atoms with Gasteiger partial charge in [0, 0.05) is 6.42 Å². The lowest BCUT2D eigenvalue weighted by atomic mass is 9.96. The number of nitrogens with two attached hydrogens (primary N) is 1. The highest BCUT2D eigenvalue weighted by molar-refractivity contribution is 5.94. The molecule has 7 unspecified atom stereocenters. The van der Waals surface area contributed by atoms with Gasteiger partial charge < -0.3 is 37.0 Å². The van der Waals surface area contributed by atoms with Crippen LogP contribution in [0.4, 0.5) is 0 Å². The van der Waals surface area contributed by atoms with Gasteiger partial charge in [0.15, 0.2) is 0 Å². The lowest BCUT2D eigenvalue weighted by molar-refractivity contribution is -0.144. The number of hydrogen-bond donors (Lipinski definition) is 7. The molecule has 0 saturated carbocycles. The Hall–Kier alpha value is -2.73. The van der Waals surface area contributed by atoms with E-state index in [2.05, 4.69) is 16.0 Å².